The lowest BCUT2D eigenvalue weighted by Gasteiger charge is -2.01. The van der Waals surface area contributed by atoms with Crippen molar-refractivity contribution in [1.29, 1.82) is 0 Å². The van der Waals surface area contributed by atoms with E-state index in [0.29, 0.717) is 15.9 Å². The van der Waals surface area contributed by atoms with Crippen LogP contribution in [0.4, 0.5) is 5.13 Å². The van der Waals surface area contributed by atoms with Crippen molar-refractivity contribution in [1.82, 2.24) is 10.2 Å². The molecule has 3 rings (SSSR count). The minimum Gasteiger partial charge on any atom is -0.300 e. The Labute approximate surface area is 153 Å². The number of rotatable bonds is 5. The molecule has 0 saturated carbocycles. The monoisotopic (exact) mass is 375 g/mol. The summed E-state index contributed by atoms with van der Waals surface area (Å²) in [5, 5.41) is 12.9. The second kappa shape index (κ2) is 7.79. The molecule has 0 saturated heterocycles. The Bertz CT molecular complexity index is 832. The number of hydrogen-bond donors (Lipinski definition) is 1. The minimum atomic E-state index is -0.110. The molecule has 7 heteroatoms. The largest absolute Gasteiger partial charge is 0.300 e. The van der Waals surface area contributed by atoms with Crippen LogP contribution in [0.1, 0.15) is 5.56 Å². The summed E-state index contributed by atoms with van der Waals surface area (Å²) < 4.78 is 0. The molecule has 0 aliphatic carbocycles. The van der Waals surface area contributed by atoms with E-state index in [1.165, 1.54) is 28.7 Å². The fourth-order valence-corrected chi connectivity index (χ4v) is 3.51. The van der Waals surface area contributed by atoms with Gasteiger partial charge in [-0.3, -0.25) is 10.1 Å². The number of aryl methyl sites for hydroxylation is 1. The molecule has 24 heavy (non-hydrogen) atoms. The summed E-state index contributed by atoms with van der Waals surface area (Å²) >= 11 is 8.65. The first-order chi connectivity index (χ1) is 11.6. The van der Waals surface area contributed by atoms with Gasteiger partial charge in [-0.25, -0.2) is 0 Å². The summed E-state index contributed by atoms with van der Waals surface area (Å²) in [7, 11) is 0. The van der Waals surface area contributed by atoms with Crippen LogP contribution in [-0.2, 0) is 4.79 Å². The topological polar surface area (TPSA) is 54.9 Å². The van der Waals surface area contributed by atoms with E-state index in [0.717, 1.165) is 15.5 Å². The first-order valence-corrected chi connectivity index (χ1v) is 9.37. The first kappa shape index (κ1) is 17.0. The van der Waals surface area contributed by atoms with E-state index in [1.54, 1.807) is 12.1 Å². The molecule has 3 aromatic rings. The minimum absolute atomic E-state index is 0.110. The second-order valence-electron chi connectivity index (χ2n) is 5.07. The summed E-state index contributed by atoms with van der Waals surface area (Å²) in [4.78, 5) is 13.0. The molecule has 1 amide bonds. The van der Waals surface area contributed by atoms with Gasteiger partial charge < -0.3 is 0 Å². The lowest BCUT2D eigenvalue weighted by Crippen LogP contribution is -2.13. The standard InChI is InChI=1S/C17H14ClN3OS2/c1-11-2-4-12(5-3-11)16-20-21-17(24-16)19-15(22)10-23-14-8-6-13(18)7-9-14/h2-9H,10H2,1H3,(H,19,21,22). The van der Waals surface area contributed by atoms with E-state index in [4.69, 9.17) is 11.6 Å². The van der Waals surface area contributed by atoms with Crippen LogP contribution in [0.2, 0.25) is 5.02 Å². The Hall–Kier alpha value is -1.89. The fraction of sp³-hybridized carbons (Fsp3) is 0.118. The summed E-state index contributed by atoms with van der Waals surface area (Å²) in [6.45, 7) is 2.04. The highest BCUT2D eigenvalue weighted by Crippen LogP contribution is 2.27. The normalized spacial score (nSPS) is 10.6. The molecule has 0 bridgehead atoms. The molecule has 0 atom stereocenters. The summed E-state index contributed by atoms with van der Waals surface area (Å²) in [6.07, 6.45) is 0. The molecule has 4 nitrogen and oxygen atoms in total. The number of nitrogens with zero attached hydrogens (tertiary/aromatic N) is 2. The van der Waals surface area contributed by atoms with Gasteiger partial charge in [0.15, 0.2) is 0 Å². The van der Waals surface area contributed by atoms with Gasteiger partial charge in [0, 0.05) is 15.5 Å². The van der Waals surface area contributed by atoms with E-state index in [9.17, 15) is 4.79 Å². The van der Waals surface area contributed by atoms with Crippen LogP contribution in [-0.4, -0.2) is 21.9 Å². The lowest BCUT2D eigenvalue weighted by atomic mass is 10.2. The van der Waals surface area contributed by atoms with Crippen LogP contribution < -0.4 is 5.32 Å². The molecule has 0 fully saturated rings. The van der Waals surface area contributed by atoms with E-state index in [2.05, 4.69) is 15.5 Å². The number of thioether (sulfide) groups is 1. The Morgan fingerprint density at radius 2 is 1.83 bits per heavy atom. The summed E-state index contributed by atoms with van der Waals surface area (Å²) in [5.41, 5.74) is 2.19. The molecule has 0 unspecified atom stereocenters. The number of hydrogen-bond acceptors (Lipinski definition) is 5. The van der Waals surface area contributed by atoms with Crippen LogP contribution in [0.3, 0.4) is 0 Å². The van der Waals surface area contributed by atoms with Gasteiger partial charge in [-0.15, -0.1) is 22.0 Å². The molecule has 0 spiro atoms. The predicted molar refractivity (Wildman–Crippen MR) is 101 cm³/mol. The van der Waals surface area contributed by atoms with Gasteiger partial charge >= 0.3 is 0 Å². The first-order valence-electron chi connectivity index (χ1n) is 7.19. The van der Waals surface area contributed by atoms with Gasteiger partial charge in [0.05, 0.1) is 5.75 Å². The SMILES string of the molecule is Cc1ccc(-c2nnc(NC(=O)CSc3ccc(Cl)cc3)s2)cc1. The van der Waals surface area contributed by atoms with E-state index < -0.39 is 0 Å². The maximum Gasteiger partial charge on any atom is 0.236 e. The zero-order valence-corrected chi connectivity index (χ0v) is 15.2. The molecule has 1 heterocycles. The average molecular weight is 376 g/mol. The zero-order valence-electron chi connectivity index (χ0n) is 12.8. The lowest BCUT2D eigenvalue weighted by molar-refractivity contribution is -0.113. The Kier molecular flexibility index (Phi) is 5.50. The third-order valence-corrected chi connectivity index (χ3v) is 5.31. The van der Waals surface area contributed by atoms with Crippen molar-refractivity contribution in [3.05, 3.63) is 59.1 Å². The van der Waals surface area contributed by atoms with E-state index in [1.807, 2.05) is 43.3 Å². The second-order valence-corrected chi connectivity index (χ2v) is 7.53. The van der Waals surface area contributed by atoms with Crippen molar-refractivity contribution in [3.8, 4) is 10.6 Å². The van der Waals surface area contributed by atoms with Crippen molar-refractivity contribution in [2.45, 2.75) is 11.8 Å². The van der Waals surface area contributed by atoms with Crippen LogP contribution in [0, 0.1) is 6.92 Å². The van der Waals surface area contributed by atoms with Crippen molar-refractivity contribution >= 4 is 45.7 Å². The molecule has 1 N–H and O–H groups in total. The fourth-order valence-electron chi connectivity index (χ4n) is 1.92. The van der Waals surface area contributed by atoms with Gasteiger partial charge in [-0.2, -0.15) is 0 Å². The molecule has 2 aromatic carbocycles. The Morgan fingerprint density at radius 3 is 2.54 bits per heavy atom. The van der Waals surface area contributed by atoms with Crippen molar-refractivity contribution in [2.24, 2.45) is 0 Å². The molecule has 1 aromatic heterocycles. The zero-order chi connectivity index (χ0) is 16.9. The highest BCUT2D eigenvalue weighted by atomic mass is 35.5. The quantitative estimate of drug-likeness (QED) is 0.644. The maximum atomic E-state index is 12.0. The number of benzene rings is 2. The van der Waals surface area contributed by atoms with Gasteiger partial charge in [0.1, 0.15) is 5.01 Å². The third kappa shape index (κ3) is 4.56. The Balaban J connectivity index is 1.57. The van der Waals surface area contributed by atoms with Crippen LogP contribution in [0.25, 0.3) is 10.6 Å². The summed E-state index contributed by atoms with van der Waals surface area (Å²) in [5.74, 6) is 0.197. The molecule has 0 radical (unpaired) electrons. The average Bonchev–Trinajstić information content (AvgIpc) is 3.03. The van der Waals surface area contributed by atoms with Crippen LogP contribution in [0.15, 0.2) is 53.4 Å². The molecule has 122 valence electrons. The van der Waals surface area contributed by atoms with Crippen molar-refractivity contribution < 1.29 is 4.79 Å². The number of aromatic nitrogens is 2. The van der Waals surface area contributed by atoms with Gasteiger partial charge in [-0.1, -0.05) is 52.8 Å². The van der Waals surface area contributed by atoms with E-state index >= 15 is 0 Å². The van der Waals surface area contributed by atoms with Crippen LogP contribution >= 0.6 is 34.7 Å². The number of anilines is 1. The number of halogens is 1. The van der Waals surface area contributed by atoms with Crippen LogP contribution in [0.5, 0.6) is 0 Å². The predicted octanol–water partition coefficient (Wildman–Crippen LogP) is 4.90. The van der Waals surface area contributed by atoms with Gasteiger partial charge in [0.25, 0.3) is 0 Å². The summed E-state index contributed by atoms with van der Waals surface area (Å²) in [6, 6.07) is 15.4. The van der Waals surface area contributed by atoms with Crippen molar-refractivity contribution in [2.75, 3.05) is 11.1 Å². The number of carbonyl (C=O) groups is 1. The highest BCUT2D eigenvalue weighted by Gasteiger charge is 2.10. The number of amides is 1. The third-order valence-electron chi connectivity index (χ3n) is 3.15. The Morgan fingerprint density at radius 1 is 1.12 bits per heavy atom. The molecule has 0 aliphatic rings. The number of nitrogens with one attached hydrogen (secondary N) is 1. The smallest absolute Gasteiger partial charge is 0.236 e. The van der Waals surface area contributed by atoms with Gasteiger partial charge in [0.2, 0.25) is 11.0 Å². The maximum absolute atomic E-state index is 12.0. The molecule has 0 aliphatic heterocycles. The molecular weight excluding hydrogens is 362 g/mol. The van der Waals surface area contributed by atoms with Gasteiger partial charge in [-0.05, 0) is 31.2 Å². The van der Waals surface area contributed by atoms with Crippen molar-refractivity contribution in [3.63, 3.8) is 0 Å². The van der Waals surface area contributed by atoms with E-state index in [-0.39, 0.29) is 5.91 Å². The molecular formula is C17H14ClN3OS2. The number of carbonyl (C=O) groups excluding carboxylic acids is 1. The highest BCUT2D eigenvalue weighted by molar-refractivity contribution is 8.00.